The van der Waals surface area contributed by atoms with Crippen molar-refractivity contribution < 1.29 is 13.2 Å². The number of amides is 1. The summed E-state index contributed by atoms with van der Waals surface area (Å²) < 4.78 is 22.4. The molecule has 1 fully saturated rings. The van der Waals surface area contributed by atoms with E-state index in [9.17, 15) is 13.2 Å². The van der Waals surface area contributed by atoms with Crippen LogP contribution in [0.2, 0.25) is 0 Å². The van der Waals surface area contributed by atoms with Gasteiger partial charge in [0.1, 0.15) is 0 Å². The van der Waals surface area contributed by atoms with Crippen LogP contribution in [0.1, 0.15) is 19.3 Å². The number of sulfonamides is 1. The molecule has 0 aliphatic heterocycles. The van der Waals surface area contributed by atoms with Gasteiger partial charge in [-0.05, 0) is 31.0 Å². The van der Waals surface area contributed by atoms with E-state index in [1.54, 1.807) is 6.07 Å². The number of anilines is 1. The second kappa shape index (κ2) is 5.68. The van der Waals surface area contributed by atoms with E-state index in [1.165, 1.54) is 31.0 Å². The molecule has 0 atom stereocenters. The van der Waals surface area contributed by atoms with Gasteiger partial charge >= 0.3 is 0 Å². The van der Waals surface area contributed by atoms with Crippen LogP contribution >= 0.6 is 0 Å². The Hall–Kier alpha value is -1.44. The van der Waals surface area contributed by atoms with E-state index in [4.69, 9.17) is 5.14 Å². The standard InChI is InChI=1S/C12H17N3O3S/c13-19(17,18)11-3-1-2-10(8-11)15-12(16)6-7-14-9-4-5-9/h1-3,8-9,14H,4-7H2,(H,15,16)(H2,13,17,18). The molecule has 2 rings (SSSR count). The molecule has 4 N–H and O–H groups in total. The summed E-state index contributed by atoms with van der Waals surface area (Å²) >= 11 is 0. The average molecular weight is 283 g/mol. The summed E-state index contributed by atoms with van der Waals surface area (Å²) in [5.41, 5.74) is 0.433. The molecule has 0 unspecified atom stereocenters. The summed E-state index contributed by atoms with van der Waals surface area (Å²) in [4.78, 5) is 11.6. The molecule has 0 heterocycles. The molecule has 1 aromatic rings. The van der Waals surface area contributed by atoms with Crippen molar-refractivity contribution in [3.8, 4) is 0 Å². The molecular weight excluding hydrogens is 266 g/mol. The Morgan fingerprint density at radius 1 is 1.37 bits per heavy atom. The average Bonchev–Trinajstić information content (AvgIpc) is 3.12. The molecule has 19 heavy (non-hydrogen) atoms. The number of carbonyl (C=O) groups is 1. The van der Waals surface area contributed by atoms with Crippen LogP contribution < -0.4 is 15.8 Å². The summed E-state index contributed by atoms with van der Waals surface area (Å²) in [6.45, 7) is 0.630. The number of hydrogen-bond donors (Lipinski definition) is 3. The molecule has 0 spiro atoms. The Morgan fingerprint density at radius 2 is 2.11 bits per heavy atom. The molecule has 7 heteroatoms. The molecule has 1 saturated carbocycles. The fourth-order valence-corrected chi connectivity index (χ4v) is 2.21. The van der Waals surface area contributed by atoms with Crippen LogP contribution in [0, 0.1) is 0 Å². The first-order chi connectivity index (χ1) is 8.95. The normalized spacial score (nSPS) is 15.2. The van der Waals surface area contributed by atoms with E-state index >= 15 is 0 Å². The van der Waals surface area contributed by atoms with Gasteiger partial charge in [-0.2, -0.15) is 0 Å². The molecule has 1 aliphatic carbocycles. The maximum Gasteiger partial charge on any atom is 0.238 e. The highest BCUT2D eigenvalue weighted by atomic mass is 32.2. The van der Waals surface area contributed by atoms with Crippen molar-refractivity contribution in [2.75, 3.05) is 11.9 Å². The van der Waals surface area contributed by atoms with Crippen LogP contribution in [0.5, 0.6) is 0 Å². The van der Waals surface area contributed by atoms with E-state index in [1.807, 2.05) is 0 Å². The molecule has 0 saturated heterocycles. The van der Waals surface area contributed by atoms with Crippen molar-refractivity contribution in [2.45, 2.75) is 30.2 Å². The van der Waals surface area contributed by atoms with Gasteiger partial charge in [-0.15, -0.1) is 0 Å². The summed E-state index contributed by atoms with van der Waals surface area (Å²) in [6.07, 6.45) is 2.71. The Bertz CT molecular complexity index is 567. The lowest BCUT2D eigenvalue weighted by Gasteiger charge is -2.07. The van der Waals surface area contributed by atoms with Gasteiger partial charge in [0, 0.05) is 24.7 Å². The van der Waals surface area contributed by atoms with Gasteiger partial charge in [-0.25, -0.2) is 13.6 Å². The molecule has 1 aromatic carbocycles. The molecule has 0 bridgehead atoms. The highest BCUT2D eigenvalue weighted by Crippen LogP contribution is 2.18. The molecular formula is C12H17N3O3S. The topological polar surface area (TPSA) is 101 Å². The molecule has 0 aromatic heterocycles. The fraction of sp³-hybridized carbons (Fsp3) is 0.417. The number of carbonyl (C=O) groups excluding carboxylic acids is 1. The van der Waals surface area contributed by atoms with Crippen LogP contribution in [0.15, 0.2) is 29.2 Å². The van der Waals surface area contributed by atoms with Gasteiger partial charge in [0.15, 0.2) is 0 Å². The second-order valence-corrected chi connectivity index (χ2v) is 6.16. The molecule has 104 valence electrons. The summed E-state index contributed by atoms with van der Waals surface area (Å²) in [6, 6.07) is 6.47. The highest BCUT2D eigenvalue weighted by molar-refractivity contribution is 7.89. The predicted octanol–water partition coefficient (Wildman–Crippen LogP) is 0.415. The van der Waals surface area contributed by atoms with E-state index in [0.717, 1.165) is 0 Å². The van der Waals surface area contributed by atoms with Gasteiger partial charge in [-0.3, -0.25) is 4.79 Å². The van der Waals surface area contributed by atoms with Gasteiger partial charge < -0.3 is 10.6 Å². The minimum atomic E-state index is -3.74. The third-order valence-corrected chi connectivity index (χ3v) is 3.72. The van der Waals surface area contributed by atoms with Crippen LogP contribution in [-0.2, 0) is 14.8 Å². The summed E-state index contributed by atoms with van der Waals surface area (Å²) in [5.74, 6) is -0.153. The van der Waals surface area contributed by atoms with E-state index < -0.39 is 10.0 Å². The largest absolute Gasteiger partial charge is 0.326 e. The van der Waals surface area contributed by atoms with Crippen molar-refractivity contribution >= 4 is 21.6 Å². The Kier molecular flexibility index (Phi) is 4.18. The van der Waals surface area contributed by atoms with Crippen molar-refractivity contribution in [3.63, 3.8) is 0 Å². The number of nitrogens with one attached hydrogen (secondary N) is 2. The smallest absolute Gasteiger partial charge is 0.238 e. The predicted molar refractivity (Wildman–Crippen MR) is 72.1 cm³/mol. The van der Waals surface area contributed by atoms with E-state index in [2.05, 4.69) is 10.6 Å². The number of hydrogen-bond acceptors (Lipinski definition) is 4. The van der Waals surface area contributed by atoms with Crippen molar-refractivity contribution in [1.29, 1.82) is 0 Å². The van der Waals surface area contributed by atoms with Gasteiger partial charge in [0.05, 0.1) is 4.90 Å². The first-order valence-electron chi connectivity index (χ1n) is 6.11. The lowest BCUT2D eigenvalue weighted by molar-refractivity contribution is -0.116. The van der Waals surface area contributed by atoms with Crippen LogP contribution in [-0.4, -0.2) is 26.9 Å². The SMILES string of the molecule is NS(=O)(=O)c1cccc(NC(=O)CCNC2CC2)c1. The monoisotopic (exact) mass is 283 g/mol. The molecule has 1 aliphatic rings. The quantitative estimate of drug-likeness (QED) is 0.704. The summed E-state index contributed by atoms with van der Waals surface area (Å²) in [5, 5.41) is 10.9. The number of nitrogens with two attached hydrogens (primary N) is 1. The van der Waals surface area contributed by atoms with Crippen molar-refractivity contribution in [1.82, 2.24) is 5.32 Å². The third kappa shape index (κ3) is 4.62. The first-order valence-corrected chi connectivity index (χ1v) is 7.66. The van der Waals surface area contributed by atoms with E-state index in [-0.39, 0.29) is 10.8 Å². The first kappa shape index (κ1) is 14.0. The highest BCUT2D eigenvalue weighted by Gasteiger charge is 2.20. The van der Waals surface area contributed by atoms with Crippen LogP contribution in [0.25, 0.3) is 0 Å². The Balaban J connectivity index is 1.88. The van der Waals surface area contributed by atoms with Gasteiger partial charge in [-0.1, -0.05) is 6.07 Å². The van der Waals surface area contributed by atoms with Gasteiger partial charge in [0.25, 0.3) is 0 Å². The van der Waals surface area contributed by atoms with E-state index in [0.29, 0.717) is 24.7 Å². The zero-order chi connectivity index (χ0) is 13.9. The van der Waals surface area contributed by atoms with Gasteiger partial charge in [0.2, 0.25) is 15.9 Å². The van der Waals surface area contributed by atoms with Crippen molar-refractivity contribution in [2.24, 2.45) is 5.14 Å². The molecule has 1 amide bonds. The zero-order valence-corrected chi connectivity index (χ0v) is 11.2. The summed E-state index contributed by atoms with van der Waals surface area (Å²) in [7, 11) is -3.74. The minimum Gasteiger partial charge on any atom is -0.326 e. The Morgan fingerprint density at radius 3 is 2.74 bits per heavy atom. The van der Waals surface area contributed by atoms with Crippen LogP contribution in [0.3, 0.4) is 0 Å². The lowest BCUT2D eigenvalue weighted by atomic mass is 10.3. The maximum atomic E-state index is 11.6. The zero-order valence-electron chi connectivity index (χ0n) is 10.4. The molecule has 6 nitrogen and oxygen atoms in total. The molecule has 0 radical (unpaired) electrons. The number of benzene rings is 1. The number of primary sulfonamides is 1. The third-order valence-electron chi connectivity index (χ3n) is 2.81. The maximum absolute atomic E-state index is 11.6. The second-order valence-electron chi connectivity index (χ2n) is 4.60. The lowest BCUT2D eigenvalue weighted by Crippen LogP contribution is -2.23. The number of rotatable bonds is 6. The van der Waals surface area contributed by atoms with Crippen molar-refractivity contribution in [3.05, 3.63) is 24.3 Å². The fourth-order valence-electron chi connectivity index (χ4n) is 1.65. The van der Waals surface area contributed by atoms with Crippen LogP contribution in [0.4, 0.5) is 5.69 Å². The minimum absolute atomic E-state index is 0.0126. The Labute approximate surface area is 112 Å².